The molecule has 21 heavy (non-hydrogen) atoms. The monoisotopic (exact) mass is 300 g/mol. The molecular weight excluding hydrogens is 276 g/mol. The molecule has 1 atom stereocenters. The lowest BCUT2D eigenvalue weighted by Gasteiger charge is -2.32. The third-order valence-electron chi connectivity index (χ3n) is 3.34. The van der Waals surface area contributed by atoms with Gasteiger partial charge in [-0.2, -0.15) is 0 Å². The molecule has 1 saturated heterocycles. The maximum Gasteiger partial charge on any atom is 0.306 e. The number of amides is 2. The van der Waals surface area contributed by atoms with Crippen LogP contribution in [-0.4, -0.2) is 60.1 Å². The van der Waals surface area contributed by atoms with Crippen molar-refractivity contribution in [3.05, 3.63) is 0 Å². The Labute approximate surface area is 124 Å². The fraction of sp³-hybridized carbons (Fsp3) is 0.786. The van der Waals surface area contributed by atoms with E-state index in [1.54, 1.807) is 4.90 Å². The summed E-state index contributed by atoms with van der Waals surface area (Å²) < 4.78 is 5.33. The number of ether oxygens (including phenoxy) is 1. The molecular formula is C14H24N2O5. The molecule has 0 aromatic carbocycles. The van der Waals surface area contributed by atoms with Gasteiger partial charge < -0.3 is 20.1 Å². The van der Waals surface area contributed by atoms with E-state index in [0.717, 1.165) is 19.3 Å². The topological polar surface area (TPSA) is 95.9 Å². The number of carbonyl (C=O) groups excluding carboxylic acids is 2. The van der Waals surface area contributed by atoms with Crippen LogP contribution in [0.4, 0.5) is 0 Å². The fourth-order valence-corrected chi connectivity index (χ4v) is 2.26. The number of carbonyl (C=O) groups is 3. The summed E-state index contributed by atoms with van der Waals surface area (Å²) in [7, 11) is 0. The molecule has 7 nitrogen and oxygen atoms in total. The highest BCUT2D eigenvalue weighted by molar-refractivity contribution is 5.76. The number of aliphatic carboxylic acids is 1. The maximum atomic E-state index is 12.0. The van der Waals surface area contributed by atoms with Gasteiger partial charge in [0.1, 0.15) is 0 Å². The van der Waals surface area contributed by atoms with Gasteiger partial charge in [-0.05, 0) is 12.8 Å². The van der Waals surface area contributed by atoms with Gasteiger partial charge in [-0.15, -0.1) is 0 Å². The van der Waals surface area contributed by atoms with E-state index in [9.17, 15) is 14.4 Å². The summed E-state index contributed by atoms with van der Waals surface area (Å²) in [5.41, 5.74) is 0. The summed E-state index contributed by atoms with van der Waals surface area (Å²) in [6.45, 7) is 3.40. The van der Waals surface area contributed by atoms with Gasteiger partial charge in [0.05, 0.1) is 19.1 Å². The number of nitrogens with one attached hydrogen (secondary N) is 1. The van der Waals surface area contributed by atoms with Crippen LogP contribution in [0.25, 0.3) is 0 Å². The predicted molar refractivity (Wildman–Crippen MR) is 75.7 cm³/mol. The Hall–Kier alpha value is -1.63. The molecule has 2 N–H and O–H groups in total. The number of rotatable bonds is 8. The Morgan fingerprint density at radius 1 is 1.29 bits per heavy atom. The second-order valence-electron chi connectivity index (χ2n) is 5.22. The van der Waals surface area contributed by atoms with Crippen molar-refractivity contribution in [2.45, 2.75) is 45.1 Å². The summed E-state index contributed by atoms with van der Waals surface area (Å²) in [6.07, 6.45) is 2.51. The van der Waals surface area contributed by atoms with E-state index in [4.69, 9.17) is 9.84 Å². The van der Waals surface area contributed by atoms with Gasteiger partial charge in [0, 0.05) is 33.0 Å². The molecule has 1 aliphatic heterocycles. The van der Waals surface area contributed by atoms with Crippen LogP contribution in [-0.2, 0) is 19.1 Å². The smallest absolute Gasteiger partial charge is 0.306 e. The van der Waals surface area contributed by atoms with E-state index in [1.165, 1.54) is 6.92 Å². The number of hydrogen-bond donors (Lipinski definition) is 2. The minimum atomic E-state index is -0.910. The zero-order valence-corrected chi connectivity index (χ0v) is 12.5. The summed E-state index contributed by atoms with van der Waals surface area (Å²) in [4.78, 5) is 35.0. The minimum absolute atomic E-state index is 0.0381. The van der Waals surface area contributed by atoms with E-state index in [0.29, 0.717) is 32.7 Å². The first-order valence-electron chi connectivity index (χ1n) is 7.34. The van der Waals surface area contributed by atoms with Gasteiger partial charge in [0.25, 0.3) is 0 Å². The number of hydrogen-bond acceptors (Lipinski definition) is 4. The Kier molecular flexibility index (Phi) is 7.74. The number of unbranched alkanes of at least 4 members (excludes halogenated alkanes) is 2. The predicted octanol–water partition coefficient (Wildman–Crippen LogP) is 0.385. The molecule has 2 amide bonds. The van der Waals surface area contributed by atoms with Crippen molar-refractivity contribution in [3.63, 3.8) is 0 Å². The zero-order chi connectivity index (χ0) is 15.7. The van der Waals surface area contributed by atoms with Gasteiger partial charge >= 0.3 is 5.97 Å². The first kappa shape index (κ1) is 17.4. The molecule has 0 aromatic heterocycles. The minimum Gasteiger partial charge on any atom is -0.481 e. The van der Waals surface area contributed by atoms with Crippen LogP contribution in [0.15, 0.2) is 0 Å². The molecule has 1 rings (SSSR count). The molecule has 0 aliphatic carbocycles. The molecule has 0 bridgehead atoms. The number of morpholine rings is 1. The van der Waals surface area contributed by atoms with Crippen LogP contribution >= 0.6 is 0 Å². The molecule has 1 fully saturated rings. The summed E-state index contributed by atoms with van der Waals surface area (Å²) >= 11 is 0. The highest BCUT2D eigenvalue weighted by Crippen LogP contribution is 2.11. The molecule has 1 unspecified atom stereocenters. The van der Waals surface area contributed by atoms with Crippen molar-refractivity contribution in [1.82, 2.24) is 10.2 Å². The van der Waals surface area contributed by atoms with Crippen molar-refractivity contribution in [1.29, 1.82) is 0 Å². The van der Waals surface area contributed by atoms with Crippen LogP contribution in [0.3, 0.4) is 0 Å². The molecule has 0 radical (unpaired) electrons. The third-order valence-corrected chi connectivity index (χ3v) is 3.34. The molecule has 7 heteroatoms. The van der Waals surface area contributed by atoms with Gasteiger partial charge in [0.2, 0.25) is 11.8 Å². The van der Waals surface area contributed by atoms with Crippen molar-refractivity contribution < 1.29 is 24.2 Å². The van der Waals surface area contributed by atoms with Gasteiger partial charge in [0.15, 0.2) is 0 Å². The van der Waals surface area contributed by atoms with Crippen molar-refractivity contribution in [2.24, 2.45) is 0 Å². The quantitative estimate of drug-likeness (QED) is 0.632. The van der Waals surface area contributed by atoms with Crippen molar-refractivity contribution in [2.75, 3.05) is 26.2 Å². The Balaban J connectivity index is 2.16. The molecule has 0 aromatic rings. The van der Waals surface area contributed by atoms with Crippen LogP contribution in [0.2, 0.25) is 0 Å². The first-order chi connectivity index (χ1) is 9.99. The molecule has 120 valence electrons. The van der Waals surface area contributed by atoms with E-state index in [2.05, 4.69) is 5.32 Å². The SMILES string of the molecule is CC(=O)NCCCCCC(=O)N1CCOC(CC(=O)O)C1. The Morgan fingerprint density at radius 3 is 2.71 bits per heavy atom. The standard InChI is InChI=1S/C14H24N2O5/c1-11(17)15-6-4-2-3-5-13(18)16-7-8-21-12(10-16)9-14(19)20/h12H,2-10H2,1H3,(H,15,17)(H,19,20). The number of carboxylic acid groups (broad SMARTS) is 1. The van der Waals surface area contributed by atoms with Gasteiger partial charge in [-0.1, -0.05) is 6.42 Å². The van der Waals surface area contributed by atoms with Gasteiger partial charge in [-0.25, -0.2) is 0 Å². The van der Waals surface area contributed by atoms with E-state index in [1.807, 2.05) is 0 Å². The number of carboxylic acids is 1. The second kappa shape index (κ2) is 9.33. The summed E-state index contributed by atoms with van der Waals surface area (Å²) in [5.74, 6) is -0.899. The highest BCUT2D eigenvalue weighted by atomic mass is 16.5. The second-order valence-corrected chi connectivity index (χ2v) is 5.22. The van der Waals surface area contributed by atoms with E-state index < -0.39 is 12.1 Å². The number of nitrogens with zero attached hydrogens (tertiary/aromatic N) is 1. The molecule has 1 aliphatic rings. The zero-order valence-electron chi connectivity index (χ0n) is 12.5. The average molecular weight is 300 g/mol. The first-order valence-corrected chi connectivity index (χ1v) is 7.34. The molecule has 0 saturated carbocycles. The van der Waals surface area contributed by atoms with E-state index >= 15 is 0 Å². The van der Waals surface area contributed by atoms with Crippen molar-refractivity contribution in [3.8, 4) is 0 Å². The molecule has 1 heterocycles. The summed E-state index contributed by atoms with van der Waals surface area (Å²) in [5, 5.41) is 11.5. The highest BCUT2D eigenvalue weighted by Gasteiger charge is 2.25. The lowest BCUT2D eigenvalue weighted by atomic mass is 10.1. The van der Waals surface area contributed by atoms with Crippen LogP contribution in [0, 0.1) is 0 Å². The Morgan fingerprint density at radius 2 is 2.05 bits per heavy atom. The lowest BCUT2D eigenvalue weighted by Crippen LogP contribution is -2.46. The van der Waals surface area contributed by atoms with Gasteiger partial charge in [-0.3, -0.25) is 14.4 Å². The van der Waals surface area contributed by atoms with E-state index in [-0.39, 0.29) is 18.2 Å². The fourth-order valence-electron chi connectivity index (χ4n) is 2.26. The Bertz CT molecular complexity index is 372. The average Bonchev–Trinajstić information content (AvgIpc) is 2.41. The van der Waals surface area contributed by atoms with Crippen molar-refractivity contribution >= 4 is 17.8 Å². The largest absolute Gasteiger partial charge is 0.481 e. The van der Waals surface area contributed by atoms with Crippen LogP contribution < -0.4 is 5.32 Å². The normalized spacial score (nSPS) is 18.3. The molecule has 0 spiro atoms. The van der Waals surface area contributed by atoms with Crippen LogP contribution in [0.1, 0.15) is 39.0 Å². The van der Waals surface area contributed by atoms with Crippen LogP contribution in [0.5, 0.6) is 0 Å². The summed E-state index contributed by atoms with van der Waals surface area (Å²) in [6, 6.07) is 0. The lowest BCUT2D eigenvalue weighted by molar-refractivity contribution is -0.147. The maximum absolute atomic E-state index is 12.0. The third kappa shape index (κ3) is 7.65.